The fourth-order valence-corrected chi connectivity index (χ4v) is 1.88. The fraction of sp³-hybridized carbons (Fsp3) is 0.333. The lowest BCUT2D eigenvalue weighted by Gasteiger charge is -2.19. The monoisotopic (exact) mass is 259 g/mol. The van der Waals surface area contributed by atoms with Crippen molar-refractivity contribution in [2.24, 2.45) is 0 Å². The standard InChI is InChI=1S/C15H17NO3/c1-15(2,3)9-5-7-10(8-6-9)16-11-12(17)13(18)14(11)19-4/h5-8,16H,1-4H3. The van der Waals surface area contributed by atoms with E-state index in [1.54, 1.807) is 0 Å². The Morgan fingerprint density at radius 2 is 1.58 bits per heavy atom. The molecule has 4 heteroatoms. The summed E-state index contributed by atoms with van der Waals surface area (Å²) in [6.45, 7) is 6.40. The lowest BCUT2D eigenvalue weighted by molar-refractivity contribution is 0.408. The highest BCUT2D eigenvalue weighted by molar-refractivity contribution is 5.69. The molecule has 19 heavy (non-hydrogen) atoms. The van der Waals surface area contributed by atoms with Crippen LogP contribution in [0.5, 0.6) is 5.75 Å². The Morgan fingerprint density at radius 3 is 2.05 bits per heavy atom. The van der Waals surface area contributed by atoms with E-state index in [1.807, 2.05) is 24.3 Å². The maximum atomic E-state index is 11.4. The molecule has 2 rings (SSSR count). The minimum absolute atomic E-state index is 0.0811. The molecule has 0 radical (unpaired) electrons. The van der Waals surface area contributed by atoms with Crippen molar-refractivity contribution in [1.29, 1.82) is 0 Å². The molecule has 1 N–H and O–H groups in total. The molecule has 0 unspecified atom stereocenters. The van der Waals surface area contributed by atoms with Crippen molar-refractivity contribution in [1.82, 2.24) is 0 Å². The molecule has 0 bridgehead atoms. The van der Waals surface area contributed by atoms with Gasteiger partial charge in [0, 0.05) is 5.69 Å². The highest BCUT2D eigenvalue weighted by atomic mass is 16.5. The molecule has 0 amide bonds. The van der Waals surface area contributed by atoms with Crippen LogP contribution in [-0.4, -0.2) is 7.11 Å². The van der Waals surface area contributed by atoms with E-state index in [0.29, 0.717) is 0 Å². The third kappa shape index (κ3) is 2.38. The molecule has 0 saturated carbocycles. The van der Waals surface area contributed by atoms with Crippen molar-refractivity contribution < 1.29 is 4.74 Å². The summed E-state index contributed by atoms with van der Waals surface area (Å²) >= 11 is 0. The quantitative estimate of drug-likeness (QED) is 0.859. The van der Waals surface area contributed by atoms with Gasteiger partial charge in [-0.2, -0.15) is 0 Å². The summed E-state index contributed by atoms with van der Waals surface area (Å²) in [4.78, 5) is 22.6. The number of hydrogen-bond donors (Lipinski definition) is 1. The molecule has 2 aromatic carbocycles. The predicted octanol–water partition coefficient (Wildman–Crippen LogP) is 2.33. The zero-order chi connectivity index (χ0) is 14.2. The Bertz CT molecular complexity index is 656. The topological polar surface area (TPSA) is 55.4 Å². The van der Waals surface area contributed by atoms with Gasteiger partial charge < -0.3 is 10.1 Å². The van der Waals surface area contributed by atoms with Crippen LogP contribution in [0.15, 0.2) is 33.9 Å². The van der Waals surface area contributed by atoms with Gasteiger partial charge in [-0.25, -0.2) is 0 Å². The van der Waals surface area contributed by atoms with Crippen LogP contribution in [0.25, 0.3) is 0 Å². The van der Waals surface area contributed by atoms with E-state index in [2.05, 4.69) is 26.1 Å². The van der Waals surface area contributed by atoms with E-state index in [4.69, 9.17) is 4.74 Å². The molecule has 0 saturated heterocycles. The Balaban J connectivity index is 2.23. The van der Waals surface area contributed by atoms with Crippen molar-refractivity contribution in [2.45, 2.75) is 26.2 Å². The van der Waals surface area contributed by atoms with E-state index in [9.17, 15) is 9.59 Å². The maximum Gasteiger partial charge on any atom is 0.272 e. The van der Waals surface area contributed by atoms with Crippen LogP contribution in [-0.2, 0) is 5.41 Å². The van der Waals surface area contributed by atoms with E-state index in [-0.39, 0.29) is 16.9 Å². The number of methoxy groups -OCH3 is 1. The summed E-state index contributed by atoms with van der Waals surface area (Å²) in [6.07, 6.45) is 0. The number of rotatable bonds is 3. The van der Waals surface area contributed by atoms with E-state index in [0.717, 1.165) is 5.69 Å². The van der Waals surface area contributed by atoms with Crippen LogP contribution in [0.1, 0.15) is 26.3 Å². The molecule has 0 atom stereocenters. The van der Waals surface area contributed by atoms with Crippen molar-refractivity contribution >= 4 is 11.4 Å². The summed E-state index contributed by atoms with van der Waals surface area (Å²) in [7, 11) is 1.38. The second-order valence-electron chi connectivity index (χ2n) is 5.52. The van der Waals surface area contributed by atoms with Crippen molar-refractivity contribution in [3.05, 3.63) is 50.3 Å². The van der Waals surface area contributed by atoms with Gasteiger partial charge in [0.2, 0.25) is 0 Å². The summed E-state index contributed by atoms with van der Waals surface area (Å²) in [5.74, 6) is 0.102. The molecular weight excluding hydrogens is 242 g/mol. The fourth-order valence-electron chi connectivity index (χ4n) is 1.88. The molecule has 0 heterocycles. The Labute approximate surface area is 111 Å². The lowest BCUT2D eigenvalue weighted by Crippen LogP contribution is -2.34. The van der Waals surface area contributed by atoms with Gasteiger partial charge >= 0.3 is 0 Å². The number of benzene rings is 1. The second-order valence-corrected chi connectivity index (χ2v) is 5.52. The zero-order valence-electron chi connectivity index (χ0n) is 11.5. The molecule has 0 spiro atoms. The molecule has 0 aliphatic rings. The first-order valence-corrected chi connectivity index (χ1v) is 6.09. The van der Waals surface area contributed by atoms with E-state index in [1.165, 1.54) is 12.7 Å². The van der Waals surface area contributed by atoms with Crippen LogP contribution >= 0.6 is 0 Å². The smallest absolute Gasteiger partial charge is 0.272 e. The van der Waals surface area contributed by atoms with Crippen LogP contribution in [0.2, 0.25) is 0 Å². The highest BCUT2D eigenvalue weighted by Gasteiger charge is 2.21. The van der Waals surface area contributed by atoms with Gasteiger partial charge in [-0.1, -0.05) is 32.9 Å². The molecule has 2 aromatic rings. The van der Waals surface area contributed by atoms with Gasteiger partial charge in [-0.3, -0.25) is 9.59 Å². The number of ether oxygens (including phenoxy) is 1. The van der Waals surface area contributed by atoms with Crippen molar-refractivity contribution in [3.8, 4) is 5.75 Å². The molecule has 0 fully saturated rings. The number of anilines is 2. The van der Waals surface area contributed by atoms with Crippen LogP contribution in [0.4, 0.5) is 11.4 Å². The first kappa shape index (κ1) is 13.3. The summed E-state index contributed by atoms with van der Waals surface area (Å²) in [5, 5.41) is 2.92. The number of nitrogens with one attached hydrogen (secondary N) is 1. The Morgan fingerprint density at radius 1 is 1.00 bits per heavy atom. The largest absolute Gasteiger partial charge is 0.491 e. The van der Waals surface area contributed by atoms with Gasteiger partial charge in [-0.15, -0.1) is 0 Å². The normalized spacial score (nSPS) is 11.6. The molecule has 100 valence electrons. The SMILES string of the molecule is COc1c(Nc2ccc(C(C)(C)C)cc2)c(=O)c1=O. The third-order valence-corrected chi connectivity index (χ3v) is 3.09. The summed E-state index contributed by atoms with van der Waals surface area (Å²) in [5.41, 5.74) is 1.18. The minimum Gasteiger partial charge on any atom is -0.491 e. The van der Waals surface area contributed by atoms with Crippen LogP contribution < -0.4 is 20.9 Å². The van der Waals surface area contributed by atoms with Gasteiger partial charge in [-0.05, 0) is 23.1 Å². The Hall–Kier alpha value is -2.10. The molecule has 0 aliphatic carbocycles. The van der Waals surface area contributed by atoms with E-state index < -0.39 is 10.9 Å². The van der Waals surface area contributed by atoms with Gasteiger partial charge in [0.1, 0.15) is 5.69 Å². The van der Waals surface area contributed by atoms with Gasteiger partial charge in [0.05, 0.1) is 7.11 Å². The highest BCUT2D eigenvalue weighted by Crippen LogP contribution is 2.26. The summed E-state index contributed by atoms with van der Waals surface area (Å²) in [6, 6.07) is 7.77. The van der Waals surface area contributed by atoms with Crippen molar-refractivity contribution in [3.63, 3.8) is 0 Å². The maximum absolute atomic E-state index is 11.4. The first-order valence-electron chi connectivity index (χ1n) is 6.09. The molecule has 0 aromatic heterocycles. The average molecular weight is 259 g/mol. The first-order chi connectivity index (χ1) is 8.84. The van der Waals surface area contributed by atoms with Gasteiger partial charge in [0.15, 0.2) is 5.75 Å². The lowest BCUT2D eigenvalue weighted by atomic mass is 9.87. The van der Waals surface area contributed by atoms with Crippen molar-refractivity contribution in [2.75, 3.05) is 12.4 Å². The molecule has 4 nitrogen and oxygen atoms in total. The molecule has 0 aliphatic heterocycles. The Kier molecular flexibility index (Phi) is 3.18. The van der Waals surface area contributed by atoms with Crippen LogP contribution in [0.3, 0.4) is 0 Å². The van der Waals surface area contributed by atoms with Crippen LogP contribution in [0, 0.1) is 0 Å². The zero-order valence-corrected chi connectivity index (χ0v) is 11.5. The second kappa shape index (κ2) is 4.53. The number of hydrogen-bond acceptors (Lipinski definition) is 4. The van der Waals surface area contributed by atoms with Gasteiger partial charge in [0.25, 0.3) is 10.9 Å². The summed E-state index contributed by atoms with van der Waals surface area (Å²) < 4.78 is 4.88. The third-order valence-electron chi connectivity index (χ3n) is 3.09. The predicted molar refractivity (Wildman–Crippen MR) is 76.3 cm³/mol. The van der Waals surface area contributed by atoms with E-state index >= 15 is 0 Å². The average Bonchev–Trinajstić information content (AvgIpc) is 2.37. The molecular formula is C15H17NO3. The minimum atomic E-state index is -0.573.